The molecule has 0 aliphatic rings. The normalized spacial score (nSPS) is 10.5. The monoisotopic (exact) mass is 503 g/mol. The summed E-state index contributed by atoms with van der Waals surface area (Å²) in [5.74, 6) is 1.01. The molecule has 10 heteroatoms. The van der Waals surface area contributed by atoms with Crippen molar-refractivity contribution in [3.05, 3.63) is 78.0 Å². The average Bonchev–Trinajstić information content (AvgIpc) is 2.85. The fourth-order valence-corrected chi connectivity index (χ4v) is 3.18. The fourth-order valence-electron chi connectivity index (χ4n) is 3.00. The van der Waals surface area contributed by atoms with Crippen LogP contribution in [-0.4, -0.2) is 28.7 Å². The first kappa shape index (κ1) is 26.1. The number of rotatable bonds is 7. The molecule has 0 unspecified atom stereocenters. The lowest BCUT2D eigenvalue weighted by Gasteiger charge is -2.16. The summed E-state index contributed by atoms with van der Waals surface area (Å²) in [7, 11) is 0. The molecule has 0 radical (unpaired) electrons. The predicted molar refractivity (Wildman–Crippen MR) is 140 cm³/mol. The number of amides is 2. The van der Waals surface area contributed by atoms with Crippen molar-refractivity contribution in [3.63, 3.8) is 0 Å². The molecule has 9 nitrogen and oxygen atoms in total. The second-order valence-electron chi connectivity index (χ2n) is 8.11. The Labute approximate surface area is 214 Å². The van der Waals surface area contributed by atoms with Crippen LogP contribution in [0.4, 0.5) is 16.3 Å². The van der Waals surface area contributed by atoms with Gasteiger partial charge in [-0.05, 0) is 75.0 Å². The zero-order valence-corrected chi connectivity index (χ0v) is 20.8. The van der Waals surface area contributed by atoms with Crippen molar-refractivity contribution in [1.29, 1.82) is 5.26 Å². The largest absolute Gasteiger partial charge is 0.456 e. The minimum atomic E-state index is -0.704. The number of ether oxygens (including phenoxy) is 2. The number of pyridine rings is 1. The van der Waals surface area contributed by atoms with E-state index in [9.17, 15) is 14.9 Å². The highest BCUT2D eigenvalue weighted by Crippen LogP contribution is 2.26. The van der Waals surface area contributed by atoms with Gasteiger partial charge in [0.15, 0.2) is 0 Å². The van der Waals surface area contributed by atoms with Crippen LogP contribution >= 0.6 is 12.2 Å². The molecule has 0 spiro atoms. The second-order valence-corrected chi connectivity index (χ2v) is 8.48. The Morgan fingerprint density at radius 3 is 2.53 bits per heavy atom. The smallest absolute Gasteiger partial charge is 0.414 e. The lowest BCUT2D eigenvalue weighted by molar-refractivity contribution is 0.102. The van der Waals surface area contributed by atoms with Gasteiger partial charge in [0.1, 0.15) is 17.3 Å². The Hall–Kier alpha value is -4.49. The lowest BCUT2D eigenvalue weighted by Crippen LogP contribution is -2.28. The number of anilines is 2. The molecule has 0 fully saturated rings. The Morgan fingerprint density at radius 2 is 1.83 bits per heavy atom. The van der Waals surface area contributed by atoms with E-state index in [-0.39, 0.29) is 11.1 Å². The van der Waals surface area contributed by atoms with Crippen LogP contribution in [0.5, 0.6) is 11.5 Å². The third-order valence-electron chi connectivity index (χ3n) is 4.93. The molecule has 184 valence electrons. The van der Waals surface area contributed by atoms with Gasteiger partial charge in [0, 0.05) is 23.9 Å². The quantitative estimate of drug-likeness (QED) is 0.368. The number of thiocarbonyl (C=S) groups is 1. The van der Waals surface area contributed by atoms with Crippen molar-refractivity contribution < 1.29 is 19.1 Å². The van der Waals surface area contributed by atoms with Crippen molar-refractivity contribution in [2.24, 2.45) is 0 Å². The van der Waals surface area contributed by atoms with Crippen molar-refractivity contribution in [3.8, 4) is 17.6 Å². The molecule has 2 aromatic carbocycles. The number of benzene rings is 2. The minimum Gasteiger partial charge on any atom is -0.456 e. The number of hydrogen-bond acceptors (Lipinski definition) is 7. The van der Waals surface area contributed by atoms with E-state index in [4.69, 9.17) is 21.7 Å². The highest BCUT2D eigenvalue weighted by Gasteiger charge is 2.21. The molecule has 36 heavy (non-hydrogen) atoms. The number of aromatic nitrogens is 1. The highest BCUT2D eigenvalue weighted by atomic mass is 32.1. The van der Waals surface area contributed by atoms with Gasteiger partial charge in [0.2, 0.25) is 0 Å². The minimum absolute atomic E-state index is 0.132. The van der Waals surface area contributed by atoms with Crippen molar-refractivity contribution in [2.75, 3.05) is 17.2 Å². The van der Waals surface area contributed by atoms with Crippen LogP contribution in [-0.2, 0) is 10.2 Å². The maximum Gasteiger partial charge on any atom is 0.414 e. The van der Waals surface area contributed by atoms with Gasteiger partial charge in [-0.3, -0.25) is 4.79 Å². The molecule has 1 heterocycles. The predicted octanol–water partition coefficient (Wildman–Crippen LogP) is 5.37. The summed E-state index contributed by atoms with van der Waals surface area (Å²) < 4.78 is 10.7. The Balaban J connectivity index is 1.62. The SMILES string of the molecule is CCNC(=O)OC(=S)Nc1ccc(Oc2cccc(NC(=O)c3cccc(C(C)(C)C#N)c3)c2)cn1. The van der Waals surface area contributed by atoms with Gasteiger partial charge < -0.3 is 25.4 Å². The maximum atomic E-state index is 12.8. The van der Waals surface area contributed by atoms with E-state index < -0.39 is 11.5 Å². The molecule has 3 rings (SSSR count). The van der Waals surface area contributed by atoms with E-state index in [1.807, 2.05) is 6.07 Å². The lowest BCUT2D eigenvalue weighted by atomic mass is 9.85. The van der Waals surface area contributed by atoms with Gasteiger partial charge in [-0.25, -0.2) is 9.78 Å². The van der Waals surface area contributed by atoms with Gasteiger partial charge in [0.25, 0.3) is 11.1 Å². The Morgan fingerprint density at radius 1 is 1.06 bits per heavy atom. The molecule has 0 saturated carbocycles. The molecule has 0 saturated heterocycles. The van der Waals surface area contributed by atoms with E-state index in [2.05, 4.69) is 27.0 Å². The summed E-state index contributed by atoms with van der Waals surface area (Å²) >= 11 is 4.97. The molecule has 3 aromatic rings. The molecular weight excluding hydrogens is 478 g/mol. The van der Waals surface area contributed by atoms with Crippen molar-refractivity contribution >= 4 is 40.9 Å². The molecule has 1 aromatic heterocycles. The van der Waals surface area contributed by atoms with Crippen LogP contribution in [0.3, 0.4) is 0 Å². The van der Waals surface area contributed by atoms with Crippen molar-refractivity contribution in [1.82, 2.24) is 10.3 Å². The summed E-state index contributed by atoms with van der Waals surface area (Å²) in [6, 6.07) is 19.4. The van der Waals surface area contributed by atoms with E-state index in [1.165, 1.54) is 6.20 Å². The number of nitriles is 1. The van der Waals surface area contributed by atoms with E-state index in [0.29, 0.717) is 35.1 Å². The van der Waals surface area contributed by atoms with Crippen LogP contribution in [0.25, 0.3) is 0 Å². The van der Waals surface area contributed by atoms with Gasteiger partial charge in [-0.1, -0.05) is 18.2 Å². The number of nitrogens with one attached hydrogen (secondary N) is 3. The Kier molecular flexibility index (Phi) is 8.54. The van der Waals surface area contributed by atoms with Crippen LogP contribution in [0.2, 0.25) is 0 Å². The van der Waals surface area contributed by atoms with Gasteiger partial charge in [0.05, 0.1) is 17.7 Å². The summed E-state index contributed by atoms with van der Waals surface area (Å²) in [5, 5.41) is 17.3. The number of carbonyl (C=O) groups excluding carboxylic acids is 2. The molecule has 0 bridgehead atoms. The summed E-state index contributed by atoms with van der Waals surface area (Å²) in [6.07, 6.45) is 0.825. The second kappa shape index (κ2) is 11.8. The average molecular weight is 504 g/mol. The number of carbonyl (C=O) groups is 2. The first-order chi connectivity index (χ1) is 17.2. The summed E-state index contributed by atoms with van der Waals surface area (Å²) in [5.41, 5.74) is 1.05. The standard InChI is InChI=1S/C26H25N5O4S/c1-4-28-24(33)35-25(36)31-22-12-11-21(15-29-22)34-20-10-6-9-19(14-20)30-23(32)17-7-5-8-18(13-17)26(2,3)16-27/h5-15H,4H2,1-3H3,(H,28,33)(H,30,32)(H,29,31,36). The topological polar surface area (TPSA) is 125 Å². The molecule has 2 amide bonds. The van der Waals surface area contributed by atoms with Gasteiger partial charge >= 0.3 is 6.09 Å². The van der Waals surface area contributed by atoms with Crippen molar-refractivity contribution in [2.45, 2.75) is 26.2 Å². The molecule has 0 aliphatic carbocycles. The van der Waals surface area contributed by atoms with Crippen LogP contribution < -0.4 is 20.7 Å². The number of hydrogen-bond donors (Lipinski definition) is 3. The third kappa shape index (κ3) is 7.25. The van der Waals surface area contributed by atoms with Gasteiger partial charge in [-0.2, -0.15) is 5.26 Å². The maximum absolute atomic E-state index is 12.8. The zero-order valence-electron chi connectivity index (χ0n) is 20.0. The molecule has 0 aliphatic heterocycles. The molecule has 3 N–H and O–H groups in total. The fraction of sp³-hybridized carbons (Fsp3) is 0.192. The first-order valence-electron chi connectivity index (χ1n) is 11.0. The van der Waals surface area contributed by atoms with Crippen LogP contribution in [0.1, 0.15) is 36.7 Å². The number of alkyl carbamates (subject to hydrolysis) is 1. The van der Waals surface area contributed by atoms with Crippen LogP contribution in [0, 0.1) is 11.3 Å². The highest BCUT2D eigenvalue weighted by molar-refractivity contribution is 7.80. The number of nitrogens with zero attached hydrogens (tertiary/aromatic N) is 2. The summed E-state index contributed by atoms with van der Waals surface area (Å²) in [6.45, 7) is 5.79. The molecule has 0 atom stereocenters. The third-order valence-corrected chi connectivity index (χ3v) is 5.11. The zero-order chi connectivity index (χ0) is 26.1. The first-order valence-corrected chi connectivity index (χ1v) is 11.4. The van der Waals surface area contributed by atoms with E-state index in [1.54, 1.807) is 75.4 Å². The van der Waals surface area contributed by atoms with E-state index >= 15 is 0 Å². The molecular formula is C26H25N5O4S. The Bertz CT molecular complexity index is 1300. The van der Waals surface area contributed by atoms with Gasteiger partial charge in [-0.15, -0.1) is 0 Å². The van der Waals surface area contributed by atoms with E-state index in [0.717, 1.165) is 5.56 Å². The summed E-state index contributed by atoms with van der Waals surface area (Å²) in [4.78, 5) is 28.4. The van der Waals surface area contributed by atoms with Crippen LogP contribution in [0.15, 0.2) is 66.9 Å².